The van der Waals surface area contributed by atoms with Gasteiger partial charge in [0.1, 0.15) is 0 Å². The fourth-order valence-electron chi connectivity index (χ4n) is 3.50. The Kier molecular flexibility index (Phi) is 7.00. The minimum atomic E-state index is -0.600. The summed E-state index contributed by atoms with van der Waals surface area (Å²) in [6.45, 7) is 7.40. The molecule has 0 aliphatic carbocycles. The first-order chi connectivity index (χ1) is 13.0. The van der Waals surface area contributed by atoms with Crippen molar-refractivity contribution in [2.75, 3.05) is 13.1 Å². The summed E-state index contributed by atoms with van der Waals surface area (Å²) in [6, 6.07) is 14.8. The highest BCUT2D eigenvalue weighted by atomic mass is 16.5. The largest absolute Gasteiger partial charge is 0.390 e. The van der Waals surface area contributed by atoms with Crippen LogP contribution in [0.25, 0.3) is 0 Å². The first kappa shape index (κ1) is 20.0. The average Bonchev–Trinajstić information content (AvgIpc) is 2.66. The maximum atomic E-state index is 9.87. The number of hydrogen-bond acceptors (Lipinski definition) is 4. The van der Waals surface area contributed by atoms with Crippen molar-refractivity contribution in [1.82, 2.24) is 9.88 Å². The summed E-state index contributed by atoms with van der Waals surface area (Å²) in [5.41, 5.74) is 3.02. The third-order valence-corrected chi connectivity index (χ3v) is 5.11. The molecule has 1 aliphatic heterocycles. The van der Waals surface area contributed by atoms with Crippen LogP contribution in [-0.2, 0) is 24.3 Å². The Morgan fingerprint density at radius 2 is 1.93 bits per heavy atom. The van der Waals surface area contributed by atoms with E-state index in [1.54, 1.807) is 0 Å². The van der Waals surface area contributed by atoms with Gasteiger partial charge in [-0.2, -0.15) is 0 Å². The maximum Gasteiger partial charge on any atom is 0.0892 e. The SMILES string of the molecule is CC(C)(O)CCc1ccc(CN2CCC[C@H](OCc3ccccn3)C2)cc1. The van der Waals surface area contributed by atoms with Gasteiger partial charge in [0, 0.05) is 19.3 Å². The molecular formula is C23H32N2O2. The lowest BCUT2D eigenvalue weighted by Crippen LogP contribution is -2.39. The van der Waals surface area contributed by atoms with Crippen molar-refractivity contribution >= 4 is 0 Å². The summed E-state index contributed by atoms with van der Waals surface area (Å²) < 4.78 is 6.09. The van der Waals surface area contributed by atoms with Crippen molar-refractivity contribution in [2.24, 2.45) is 0 Å². The van der Waals surface area contributed by atoms with Gasteiger partial charge in [-0.25, -0.2) is 0 Å². The van der Waals surface area contributed by atoms with Gasteiger partial charge in [0.2, 0.25) is 0 Å². The van der Waals surface area contributed by atoms with Gasteiger partial charge in [0.25, 0.3) is 0 Å². The fraction of sp³-hybridized carbons (Fsp3) is 0.522. The van der Waals surface area contributed by atoms with Crippen molar-refractivity contribution in [3.05, 3.63) is 65.5 Å². The Bertz CT molecular complexity index is 680. The first-order valence-corrected chi connectivity index (χ1v) is 10.0. The predicted octanol–water partition coefficient (Wildman–Crippen LogP) is 3.97. The highest BCUT2D eigenvalue weighted by molar-refractivity contribution is 5.23. The number of aryl methyl sites for hydroxylation is 1. The number of ether oxygens (including phenoxy) is 1. The van der Waals surface area contributed by atoms with Crippen LogP contribution in [0.2, 0.25) is 0 Å². The molecule has 0 spiro atoms. The van der Waals surface area contributed by atoms with Gasteiger partial charge in [-0.3, -0.25) is 9.88 Å². The Labute approximate surface area is 163 Å². The van der Waals surface area contributed by atoms with Gasteiger partial charge in [0.15, 0.2) is 0 Å². The molecule has 0 radical (unpaired) electrons. The number of aromatic nitrogens is 1. The van der Waals surface area contributed by atoms with E-state index in [0.717, 1.165) is 44.6 Å². The molecule has 0 saturated carbocycles. The Morgan fingerprint density at radius 3 is 2.63 bits per heavy atom. The van der Waals surface area contributed by atoms with Gasteiger partial charge in [0.05, 0.1) is 24.0 Å². The summed E-state index contributed by atoms with van der Waals surface area (Å²) in [4.78, 5) is 6.82. The zero-order valence-corrected chi connectivity index (χ0v) is 16.6. The van der Waals surface area contributed by atoms with Crippen molar-refractivity contribution < 1.29 is 9.84 Å². The van der Waals surface area contributed by atoms with E-state index in [0.29, 0.717) is 6.61 Å². The number of rotatable bonds is 8. The van der Waals surface area contributed by atoms with Crippen molar-refractivity contribution in [2.45, 2.75) is 64.4 Å². The maximum absolute atomic E-state index is 9.87. The van der Waals surface area contributed by atoms with Gasteiger partial charge in [-0.1, -0.05) is 30.3 Å². The van der Waals surface area contributed by atoms with Gasteiger partial charge in [-0.15, -0.1) is 0 Å². The van der Waals surface area contributed by atoms with E-state index in [2.05, 4.69) is 34.1 Å². The van der Waals surface area contributed by atoms with Crippen LogP contribution in [0.15, 0.2) is 48.7 Å². The molecule has 4 heteroatoms. The molecule has 4 nitrogen and oxygen atoms in total. The summed E-state index contributed by atoms with van der Waals surface area (Å²) >= 11 is 0. The number of hydrogen-bond donors (Lipinski definition) is 1. The first-order valence-electron chi connectivity index (χ1n) is 10.0. The van der Waals surface area contributed by atoms with Gasteiger partial charge < -0.3 is 9.84 Å². The second kappa shape index (κ2) is 9.45. The number of nitrogens with zero attached hydrogens (tertiary/aromatic N) is 2. The lowest BCUT2D eigenvalue weighted by atomic mass is 9.98. The molecule has 0 bridgehead atoms. The van der Waals surface area contributed by atoms with Crippen LogP contribution in [0.3, 0.4) is 0 Å². The van der Waals surface area contributed by atoms with E-state index in [-0.39, 0.29) is 6.10 Å². The monoisotopic (exact) mass is 368 g/mol. The van der Waals surface area contributed by atoms with E-state index in [1.165, 1.54) is 17.5 Å². The lowest BCUT2D eigenvalue weighted by Gasteiger charge is -2.32. The minimum Gasteiger partial charge on any atom is -0.390 e. The van der Waals surface area contributed by atoms with Gasteiger partial charge in [-0.05, 0) is 69.3 Å². The molecule has 1 aromatic heterocycles. The summed E-state index contributed by atoms with van der Waals surface area (Å²) in [5.74, 6) is 0. The molecule has 3 rings (SSSR count). The molecule has 146 valence electrons. The molecule has 27 heavy (non-hydrogen) atoms. The van der Waals surface area contributed by atoms with Crippen LogP contribution in [-0.4, -0.2) is 39.8 Å². The number of likely N-dealkylation sites (tertiary alicyclic amines) is 1. The Morgan fingerprint density at radius 1 is 1.15 bits per heavy atom. The summed E-state index contributed by atoms with van der Waals surface area (Å²) in [7, 11) is 0. The van der Waals surface area contributed by atoms with Crippen LogP contribution >= 0.6 is 0 Å². The van der Waals surface area contributed by atoms with E-state index in [9.17, 15) is 5.11 Å². The van der Waals surface area contributed by atoms with Crippen molar-refractivity contribution in [1.29, 1.82) is 0 Å². The Balaban J connectivity index is 1.45. The fourth-order valence-corrected chi connectivity index (χ4v) is 3.50. The van der Waals surface area contributed by atoms with Crippen molar-refractivity contribution in [3.8, 4) is 0 Å². The van der Waals surface area contributed by atoms with Crippen LogP contribution in [0.4, 0.5) is 0 Å². The summed E-state index contributed by atoms with van der Waals surface area (Å²) in [5, 5.41) is 9.87. The molecular weight excluding hydrogens is 336 g/mol. The third-order valence-electron chi connectivity index (χ3n) is 5.11. The van der Waals surface area contributed by atoms with Crippen LogP contribution < -0.4 is 0 Å². The quantitative estimate of drug-likeness (QED) is 0.766. The van der Waals surface area contributed by atoms with Crippen LogP contribution in [0, 0.1) is 0 Å². The number of benzene rings is 1. The standard InChI is InChI=1S/C23H32N2O2/c1-23(2,26)13-12-19-8-10-20(11-9-19)16-25-15-5-7-22(17-25)27-18-21-6-3-4-14-24-21/h3-4,6,8-11,14,22,26H,5,7,12-13,15-18H2,1-2H3/t22-/m0/s1. The lowest BCUT2D eigenvalue weighted by molar-refractivity contribution is -0.0132. The minimum absolute atomic E-state index is 0.284. The second-order valence-corrected chi connectivity index (χ2v) is 8.26. The molecule has 1 aromatic carbocycles. The molecule has 0 unspecified atom stereocenters. The molecule has 1 saturated heterocycles. The zero-order chi connectivity index (χ0) is 19.1. The molecule has 1 N–H and O–H groups in total. The highest BCUT2D eigenvalue weighted by Crippen LogP contribution is 2.18. The Hall–Kier alpha value is -1.75. The van der Waals surface area contributed by atoms with E-state index in [4.69, 9.17) is 4.74 Å². The summed E-state index contributed by atoms with van der Waals surface area (Å²) in [6.07, 6.45) is 6.10. The van der Waals surface area contributed by atoms with E-state index in [1.807, 2.05) is 38.2 Å². The third kappa shape index (κ3) is 7.06. The second-order valence-electron chi connectivity index (χ2n) is 8.26. The molecule has 1 aliphatic rings. The van der Waals surface area contributed by atoms with Crippen molar-refractivity contribution in [3.63, 3.8) is 0 Å². The van der Waals surface area contributed by atoms with Crippen LogP contribution in [0.5, 0.6) is 0 Å². The smallest absolute Gasteiger partial charge is 0.0892 e. The number of piperidine rings is 1. The normalized spacial score (nSPS) is 18.6. The number of aliphatic hydroxyl groups is 1. The topological polar surface area (TPSA) is 45.6 Å². The molecule has 2 aromatic rings. The van der Waals surface area contributed by atoms with Crippen LogP contribution in [0.1, 0.15) is 49.9 Å². The predicted molar refractivity (Wildman–Crippen MR) is 108 cm³/mol. The number of pyridine rings is 1. The molecule has 2 heterocycles. The average molecular weight is 369 g/mol. The van der Waals surface area contributed by atoms with E-state index >= 15 is 0 Å². The molecule has 1 atom stereocenters. The molecule has 0 amide bonds. The van der Waals surface area contributed by atoms with Gasteiger partial charge >= 0.3 is 0 Å². The highest BCUT2D eigenvalue weighted by Gasteiger charge is 2.20. The van der Waals surface area contributed by atoms with E-state index < -0.39 is 5.60 Å². The zero-order valence-electron chi connectivity index (χ0n) is 16.6. The molecule has 1 fully saturated rings.